The number of rotatable bonds is 8. The Labute approximate surface area is 149 Å². The van der Waals surface area contributed by atoms with Crippen molar-refractivity contribution in [3.8, 4) is 0 Å². The summed E-state index contributed by atoms with van der Waals surface area (Å²) >= 11 is 0. The summed E-state index contributed by atoms with van der Waals surface area (Å²) in [5.41, 5.74) is 1.81. The molecule has 2 N–H and O–H groups in total. The van der Waals surface area contributed by atoms with E-state index in [2.05, 4.69) is 36.6 Å². The zero-order chi connectivity index (χ0) is 18.1. The lowest BCUT2D eigenvalue weighted by molar-refractivity contribution is -0.121. The Bertz CT molecular complexity index is 669. The van der Waals surface area contributed by atoms with Crippen LogP contribution in [0.4, 0.5) is 0 Å². The lowest BCUT2D eigenvalue weighted by atomic mass is 9.85. The van der Waals surface area contributed by atoms with Gasteiger partial charge in [0.05, 0.1) is 0 Å². The second-order valence-electron chi connectivity index (χ2n) is 6.44. The second-order valence-corrected chi connectivity index (χ2v) is 6.44. The van der Waals surface area contributed by atoms with Gasteiger partial charge >= 0.3 is 0 Å². The average Bonchev–Trinajstić information content (AvgIpc) is 2.64. The predicted molar refractivity (Wildman–Crippen MR) is 100 cm³/mol. The van der Waals surface area contributed by atoms with Crippen LogP contribution in [0, 0.1) is 5.92 Å². The van der Waals surface area contributed by atoms with Crippen LogP contribution in [0.5, 0.6) is 0 Å². The fourth-order valence-corrected chi connectivity index (χ4v) is 2.78. The summed E-state index contributed by atoms with van der Waals surface area (Å²) in [6, 6.07) is 19.2. The fraction of sp³-hybridized carbons (Fsp3) is 0.333. The van der Waals surface area contributed by atoms with Crippen LogP contribution in [0.1, 0.15) is 42.1 Å². The molecule has 132 valence electrons. The highest BCUT2D eigenvalue weighted by molar-refractivity contribution is 5.94. The van der Waals surface area contributed by atoms with Crippen LogP contribution in [0.25, 0.3) is 0 Å². The van der Waals surface area contributed by atoms with Crippen LogP contribution in [-0.4, -0.2) is 24.9 Å². The van der Waals surface area contributed by atoms with Crippen molar-refractivity contribution in [2.24, 2.45) is 5.92 Å². The maximum atomic E-state index is 12.2. The van der Waals surface area contributed by atoms with Crippen LogP contribution in [0.3, 0.4) is 0 Å². The minimum Gasteiger partial charge on any atom is -0.354 e. The van der Waals surface area contributed by atoms with Crippen LogP contribution < -0.4 is 10.6 Å². The largest absolute Gasteiger partial charge is 0.354 e. The maximum Gasteiger partial charge on any atom is 0.251 e. The van der Waals surface area contributed by atoms with Gasteiger partial charge in [-0.2, -0.15) is 0 Å². The van der Waals surface area contributed by atoms with Crippen molar-refractivity contribution >= 4 is 11.8 Å². The van der Waals surface area contributed by atoms with Gasteiger partial charge in [-0.05, 0) is 29.5 Å². The average molecular weight is 338 g/mol. The summed E-state index contributed by atoms with van der Waals surface area (Å²) in [6.45, 7) is 5.10. The van der Waals surface area contributed by atoms with E-state index in [9.17, 15) is 9.59 Å². The minimum atomic E-state index is -0.126. The highest BCUT2D eigenvalue weighted by Crippen LogP contribution is 2.27. The summed E-state index contributed by atoms with van der Waals surface area (Å²) in [7, 11) is 0. The number of hydrogen-bond acceptors (Lipinski definition) is 2. The second kappa shape index (κ2) is 9.62. The van der Waals surface area contributed by atoms with E-state index in [1.54, 1.807) is 12.1 Å². The Kier molecular flexibility index (Phi) is 7.20. The molecule has 0 saturated carbocycles. The van der Waals surface area contributed by atoms with Crippen molar-refractivity contribution in [1.82, 2.24) is 10.6 Å². The monoisotopic (exact) mass is 338 g/mol. The SMILES string of the molecule is CC(C)C(CC(=O)NCCNC(=O)c1ccccc1)c1ccccc1. The number of carbonyl (C=O) groups is 2. The Morgan fingerprint density at radius 3 is 2.00 bits per heavy atom. The molecule has 2 rings (SSSR count). The molecule has 0 bridgehead atoms. The number of benzene rings is 2. The number of hydrogen-bond donors (Lipinski definition) is 2. The first-order valence-corrected chi connectivity index (χ1v) is 8.73. The molecule has 0 heterocycles. The van der Waals surface area contributed by atoms with Gasteiger partial charge in [0.15, 0.2) is 0 Å². The molecule has 4 nitrogen and oxygen atoms in total. The lowest BCUT2D eigenvalue weighted by Crippen LogP contribution is -2.35. The summed E-state index contributed by atoms with van der Waals surface area (Å²) in [6.07, 6.45) is 0.453. The zero-order valence-corrected chi connectivity index (χ0v) is 14.9. The van der Waals surface area contributed by atoms with E-state index in [1.807, 2.05) is 36.4 Å². The Hall–Kier alpha value is -2.62. The minimum absolute atomic E-state index is 0.0107. The van der Waals surface area contributed by atoms with Gasteiger partial charge in [0.25, 0.3) is 5.91 Å². The molecule has 0 fully saturated rings. The summed E-state index contributed by atoms with van der Waals surface area (Å²) in [5, 5.41) is 5.70. The van der Waals surface area contributed by atoms with E-state index >= 15 is 0 Å². The number of carbonyl (C=O) groups excluding carboxylic acids is 2. The van der Waals surface area contributed by atoms with Gasteiger partial charge in [-0.15, -0.1) is 0 Å². The Balaban J connectivity index is 1.75. The van der Waals surface area contributed by atoms with Crippen molar-refractivity contribution < 1.29 is 9.59 Å². The number of amides is 2. The Morgan fingerprint density at radius 1 is 0.840 bits per heavy atom. The van der Waals surface area contributed by atoms with Gasteiger partial charge in [-0.25, -0.2) is 0 Å². The molecular weight excluding hydrogens is 312 g/mol. The van der Waals surface area contributed by atoms with Gasteiger partial charge in [0, 0.05) is 25.1 Å². The zero-order valence-electron chi connectivity index (χ0n) is 14.9. The van der Waals surface area contributed by atoms with Crippen molar-refractivity contribution in [2.45, 2.75) is 26.2 Å². The van der Waals surface area contributed by atoms with Gasteiger partial charge < -0.3 is 10.6 Å². The topological polar surface area (TPSA) is 58.2 Å². The smallest absolute Gasteiger partial charge is 0.251 e. The molecule has 2 aromatic carbocycles. The van der Waals surface area contributed by atoms with E-state index in [0.29, 0.717) is 31.0 Å². The van der Waals surface area contributed by atoms with Gasteiger partial charge in [0.2, 0.25) is 5.91 Å². The maximum absolute atomic E-state index is 12.2. The standard InChI is InChI=1S/C21H26N2O2/c1-16(2)19(17-9-5-3-6-10-17)15-20(24)22-13-14-23-21(25)18-11-7-4-8-12-18/h3-12,16,19H,13-15H2,1-2H3,(H,22,24)(H,23,25). The first-order chi connectivity index (χ1) is 12.1. The van der Waals surface area contributed by atoms with Gasteiger partial charge in [-0.1, -0.05) is 62.4 Å². The molecule has 0 aliphatic heterocycles. The quantitative estimate of drug-likeness (QED) is 0.725. The molecule has 1 atom stereocenters. The van der Waals surface area contributed by atoms with Crippen molar-refractivity contribution in [1.29, 1.82) is 0 Å². The molecule has 1 unspecified atom stereocenters. The number of nitrogens with one attached hydrogen (secondary N) is 2. The van der Waals surface area contributed by atoms with Crippen molar-refractivity contribution in [2.75, 3.05) is 13.1 Å². The molecular formula is C21H26N2O2. The third-order valence-electron chi connectivity index (χ3n) is 4.21. The highest BCUT2D eigenvalue weighted by Gasteiger charge is 2.19. The fourth-order valence-electron chi connectivity index (χ4n) is 2.78. The van der Waals surface area contributed by atoms with Gasteiger partial charge in [0.1, 0.15) is 0 Å². The van der Waals surface area contributed by atoms with Crippen LogP contribution in [0.2, 0.25) is 0 Å². The first-order valence-electron chi connectivity index (χ1n) is 8.73. The first kappa shape index (κ1) is 18.7. The van der Waals surface area contributed by atoms with E-state index in [4.69, 9.17) is 0 Å². The van der Waals surface area contributed by atoms with E-state index in [-0.39, 0.29) is 17.7 Å². The van der Waals surface area contributed by atoms with E-state index in [1.165, 1.54) is 5.56 Å². The van der Waals surface area contributed by atoms with E-state index in [0.717, 1.165) is 0 Å². The summed E-state index contributed by atoms with van der Waals surface area (Å²) in [5.74, 6) is 0.460. The highest BCUT2D eigenvalue weighted by atomic mass is 16.2. The lowest BCUT2D eigenvalue weighted by Gasteiger charge is -2.21. The molecule has 2 aromatic rings. The third-order valence-corrected chi connectivity index (χ3v) is 4.21. The predicted octanol–water partition coefficient (Wildman–Crippen LogP) is 3.36. The summed E-state index contributed by atoms with van der Waals surface area (Å²) in [4.78, 5) is 24.1. The molecule has 25 heavy (non-hydrogen) atoms. The molecule has 0 aromatic heterocycles. The van der Waals surface area contributed by atoms with Crippen molar-refractivity contribution in [3.05, 3.63) is 71.8 Å². The molecule has 0 radical (unpaired) electrons. The third kappa shape index (κ3) is 6.07. The van der Waals surface area contributed by atoms with Crippen LogP contribution >= 0.6 is 0 Å². The Morgan fingerprint density at radius 2 is 1.40 bits per heavy atom. The molecule has 0 aliphatic rings. The van der Waals surface area contributed by atoms with Crippen molar-refractivity contribution in [3.63, 3.8) is 0 Å². The van der Waals surface area contributed by atoms with Gasteiger partial charge in [-0.3, -0.25) is 9.59 Å². The molecule has 0 saturated heterocycles. The molecule has 4 heteroatoms. The van der Waals surface area contributed by atoms with Crippen LogP contribution in [-0.2, 0) is 4.79 Å². The van der Waals surface area contributed by atoms with E-state index < -0.39 is 0 Å². The summed E-state index contributed by atoms with van der Waals surface area (Å²) < 4.78 is 0. The molecule has 0 spiro atoms. The van der Waals surface area contributed by atoms with Crippen LogP contribution in [0.15, 0.2) is 60.7 Å². The molecule has 0 aliphatic carbocycles. The molecule has 2 amide bonds. The normalized spacial score (nSPS) is 11.8.